The fraction of sp³-hybridized carbons (Fsp3) is 0.600. The van der Waals surface area contributed by atoms with E-state index in [1.54, 1.807) is 14.2 Å². The third kappa shape index (κ3) is 5.05. The highest BCUT2D eigenvalue weighted by Gasteiger charge is 2.11. The summed E-state index contributed by atoms with van der Waals surface area (Å²) < 4.78 is 10.6. The largest absolute Gasteiger partial charge is 0.496 e. The average molecular weight is 283 g/mol. The van der Waals surface area contributed by atoms with E-state index in [2.05, 4.69) is 37.6 Å². The van der Waals surface area contributed by atoms with Crippen molar-refractivity contribution in [3.05, 3.63) is 29.3 Å². The predicted octanol–water partition coefficient (Wildman–Crippen LogP) is 3.24. The Kier molecular flexibility index (Phi) is 7.28. The van der Waals surface area contributed by atoms with Crippen LogP contribution in [0.15, 0.2) is 18.2 Å². The van der Waals surface area contributed by atoms with Crippen molar-refractivity contribution in [3.8, 4) is 5.75 Å². The van der Waals surface area contributed by atoms with Crippen LogP contribution >= 0.6 is 11.8 Å². The van der Waals surface area contributed by atoms with Crippen LogP contribution in [0.25, 0.3) is 0 Å². The number of benzene rings is 1. The van der Waals surface area contributed by atoms with Gasteiger partial charge in [-0.05, 0) is 37.8 Å². The fourth-order valence-electron chi connectivity index (χ4n) is 2.16. The van der Waals surface area contributed by atoms with Crippen molar-refractivity contribution in [1.29, 1.82) is 0 Å². The first kappa shape index (κ1) is 16.3. The van der Waals surface area contributed by atoms with Gasteiger partial charge >= 0.3 is 0 Å². The first-order valence-electron chi connectivity index (χ1n) is 6.53. The van der Waals surface area contributed by atoms with Gasteiger partial charge in [0.25, 0.3) is 0 Å². The van der Waals surface area contributed by atoms with E-state index in [-0.39, 0.29) is 0 Å². The molecule has 3 nitrogen and oxygen atoms in total. The quantitative estimate of drug-likeness (QED) is 0.793. The number of hydrogen-bond acceptors (Lipinski definition) is 4. The Bertz CT molecular complexity index is 384. The van der Waals surface area contributed by atoms with Gasteiger partial charge in [0, 0.05) is 30.5 Å². The van der Waals surface area contributed by atoms with Crippen LogP contribution in [0.2, 0.25) is 0 Å². The molecule has 2 atom stereocenters. The zero-order valence-electron chi connectivity index (χ0n) is 12.5. The minimum Gasteiger partial charge on any atom is -0.496 e. The van der Waals surface area contributed by atoms with Crippen molar-refractivity contribution in [2.75, 3.05) is 26.2 Å². The molecule has 2 unspecified atom stereocenters. The molecule has 1 aromatic carbocycles. The maximum absolute atomic E-state index is 5.35. The van der Waals surface area contributed by atoms with Crippen molar-refractivity contribution in [3.63, 3.8) is 0 Å². The predicted molar refractivity (Wildman–Crippen MR) is 83.1 cm³/mol. The second-order valence-corrected chi connectivity index (χ2v) is 5.66. The van der Waals surface area contributed by atoms with Gasteiger partial charge < -0.3 is 14.8 Å². The van der Waals surface area contributed by atoms with Gasteiger partial charge in [-0.15, -0.1) is 0 Å². The Morgan fingerprint density at radius 2 is 2.00 bits per heavy atom. The molecule has 4 heteroatoms. The van der Waals surface area contributed by atoms with E-state index in [4.69, 9.17) is 9.47 Å². The molecule has 0 aliphatic rings. The lowest BCUT2D eigenvalue weighted by Gasteiger charge is -2.21. The molecular formula is C15H25NO2S. The minimum absolute atomic E-state index is 0.323. The first-order valence-corrected chi connectivity index (χ1v) is 7.92. The SMILES string of the molecule is COCc1cc(C(C)NC(C)CSC)ccc1OC. The number of hydrogen-bond donors (Lipinski definition) is 1. The van der Waals surface area contributed by atoms with Gasteiger partial charge in [0.1, 0.15) is 5.75 Å². The van der Waals surface area contributed by atoms with Gasteiger partial charge in [-0.3, -0.25) is 0 Å². The Morgan fingerprint density at radius 3 is 2.58 bits per heavy atom. The van der Waals surface area contributed by atoms with Gasteiger partial charge in [0.05, 0.1) is 13.7 Å². The van der Waals surface area contributed by atoms with E-state index in [0.29, 0.717) is 18.7 Å². The maximum Gasteiger partial charge on any atom is 0.124 e. The molecule has 1 N–H and O–H groups in total. The molecule has 0 saturated heterocycles. The van der Waals surface area contributed by atoms with E-state index >= 15 is 0 Å². The molecule has 19 heavy (non-hydrogen) atoms. The summed E-state index contributed by atoms with van der Waals surface area (Å²) in [7, 11) is 3.39. The number of thioether (sulfide) groups is 1. The van der Waals surface area contributed by atoms with Gasteiger partial charge in [-0.25, -0.2) is 0 Å². The molecule has 0 heterocycles. The smallest absolute Gasteiger partial charge is 0.124 e. The Hall–Kier alpha value is -0.710. The number of ether oxygens (including phenoxy) is 2. The highest BCUT2D eigenvalue weighted by molar-refractivity contribution is 7.98. The summed E-state index contributed by atoms with van der Waals surface area (Å²) in [5, 5.41) is 3.60. The highest BCUT2D eigenvalue weighted by atomic mass is 32.2. The highest BCUT2D eigenvalue weighted by Crippen LogP contribution is 2.24. The Labute approximate surface area is 121 Å². The van der Waals surface area contributed by atoms with Crippen LogP contribution in [0.3, 0.4) is 0 Å². The van der Waals surface area contributed by atoms with E-state index in [1.165, 1.54) is 5.56 Å². The molecular weight excluding hydrogens is 258 g/mol. The van der Waals surface area contributed by atoms with Crippen LogP contribution in [-0.2, 0) is 11.3 Å². The number of methoxy groups -OCH3 is 2. The monoisotopic (exact) mass is 283 g/mol. The summed E-state index contributed by atoms with van der Waals surface area (Å²) in [5.74, 6) is 2.00. The zero-order chi connectivity index (χ0) is 14.3. The Morgan fingerprint density at radius 1 is 1.26 bits per heavy atom. The summed E-state index contributed by atoms with van der Waals surface area (Å²) in [5.41, 5.74) is 2.36. The van der Waals surface area contributed by atoms with Gasteiger partial charge in [0.15, 0.2) is 0 Å². The third-order valence-corrected chi connectivity index (χ3v) is 3.89. The van der Waals surface area contributed by atoms with E-state index < -0.39 is 0 Å². The van der Waals surface area contributed by atoms with E-state index in [1.807, 2.05) is 17.8 Å². The molecule has 0 fully saturated rings. The lowest BCUT2D eigenvalue weighted by atomic mass is 10.0. The Balaban J connectivity index is 2.79. The molecule has 0 aliphatic heterocycles. The number of rotatable bonds is 8. The van der Waals surface area contributed by atoms with Gasteiger partial charge in [0.2, 0.25) is 0 Å². The molecule has 1 rings (SSSR count). The van der Waals surface area contributed by atoms with Crippen LogP contribution in [0, 0.1) is 0 Å². The van der Waals surface area contributed by atoms with Crippen LogP contribution in [0.1, 0.15) is 31.0 Å². The van der Waals surface area contributed by atoms with Crippen molar-refractivity contribution < 1.29 is 9.47 Å². The molecule has 0 aliphatic carbocycles. The van der Waals surface area contributed by atoms with Gasteiger partial charge in [-0.1, -0.05) is 6.07 Å². The zero-order valence-corrected chi connectivity index (χ0v) is 13.3. The topological polar surface area (TPSA) is 30.5 Å². The third-order valence-electron chi connectivity index (χ3n) is 3.06. The normalized spacial score (nSPS) is 14.2. The lowest BCUT2D eigenvalue weighted by molar-refractivity contribution is 0.181. The molecule has 0 amide bonds. The molecule has 0 radical (unpaired) electrons. The van der Waals surface area contributed by atoms with Crippen LogP contribution in [0.5, 0.6) is 5.75 Å². The first-order chi connectivity index (χ1) is 9.12. The van der Waals surface area contributed by atoms with Crippen LogP contribution < -0.4 is 10.1 Å². The van der Waals surface area contributed by atoms with Crippen molar-refractivity contribution >= 4 is 11.8 Å². The van der Waals surface area contributed by atoms with Crippen molar-refractivity contribution in [2.24, 2.45) is 0 Å². The number of nitrogens with one attached hydrogen (secondary N) is 1. The lowest BCUT2D eigenvalue weighted by Crippen LogP contribution is -2.30. The van der Waals surface area contributed by atoms with Gasteiger partial charge in [-0.2, -0.15) is 11.8 Å². The minimum atomic E-state index is 0.323. The molecule has 0 aromatic heterocycles. The molecule has 1 aromatic rings. The summed E-state index contributed by atoms with van der Waals surface area (Å²) >= 11 is 1.86. The molecule has 0 spiro atoms. The van der Waals surface area contributed by atoms with E-state index in [0.717, 1.165) is 17.1 Å². The van der Waals surface area contributed by atoms with E-state index in [9.17, 15) is 0 Å². The standard InChI is InChI=1S/C15H25NO2S/c1-11(10-19-5)16-12(2)13-6-7-15(18-4)14(8-13)9-17-3/h6-8,11-12,16H,9-10H2,1-5H3. The molecule has 0 bridgehead atoms. The summed E-state index contributed by atoms with van der Waals surface area (Å²) in [6.07, 6.45) is 2.13. The van der Waals surface area contributed by atoms with Crippen LogP contribution in [0.4, 0.5) is 0 Å². The van der Waals surface area contributed by atoms with Crippen molar-refractivity contribution in [1.82, 2.24) is 5.32 Å². The second kappa shape index (κ2) is 8.46. The summed E-state index contributed by atoms with van der Waals surface area (Å²) in [4.78, 5) is 0. The summed E-state index contributed by atoms with van der Waals surface area (Å²) in [6.45, 7) is 4.98. The molecule has 108 valence electrons. The summed E-state index contributed by atoms with van der Waals surface area (Å²) in [6, 6.07) is 7.11. The average Bonchev–Trinajstić information content (AvgIpc) is 2.39. The van der Waals surface area contributed by atoms with Crippen molar-refractivity contribution in [2.45, 2.75) is 32.5 Å². The molecule has 0 saturated carbocycles. The maximum atomic E-state index is 5.35. The van der Waals surface area contributed by atoms with Crippen LogP contribution in [-0.4, -0.2) is 32.3 Å². The fourth-order valence-corrected chi connectivity index (χ4v) is 2.75. The second-order valence-electron chi connectivity index (χ2n) is 4.75.